The van der Waals surface area contributed by atoms with E-state index in [1.54, 1.807) is 5.01 Å². The maximum atomic E-state index is 11.9. The molecule has 2 rings (SSSR count). The largest absolute Gasteiger partial charge is 0.289 e. The van der Waals surface area contributed by atoms with E-state index < -0.39 is 0 Å². The molecule has 0 aliphatic heterocycles. The molecule has 1 fully saturated rings. The highest BCUT2D eigenvalue weighted by molar-refractivity contribution is 5.80. The second-order valence-corrected chi connectivity index (χ2v) is 4.35. The minimum atomic E-state index is 0.156. The van der Waals surface area contributed by atoms with E-state index in [2.05, 4.69) is 5.43 Å². The molecular weight excluding hydrogens is 200 g/mol. The van der Waals surface area contributed by atoms with Gasteiger partial charge in [-0.15, -0.1) is 0 Å². The van der Waals surface area contributed by atoms with Crippen LogP contribution in [0.25, 0.3) is 0 Å². The van der Waals surface area contributed by atoms with E-state index in [1.807, 2.05) is 37.4 Å². The molecule has 3 heteroatoms. The molecule has 86 valence electrons. The molecule has 0 saturated heterocycles. The van der Waals surface area contributed by atoms with Crippen LogP contribution in [-0.4, -0.2) is 13.0 Å². The second kappa shape index (κ2) is 5.01. The first-order valence-electron chi connectivity index (χ1n) is 5.86. The van der Waals surface area contributed by atoms with Gasteiger partial charge in [0.1, 0.15) is 0 Å². The summed E-state index contributed by atoms with van der Waals surface area (Å²) in [5.41, 5.74) is 3.94. The molecule has 16 heavy (non-hydrogen) atoms. The number of benzene rings is 1. The van der Waals surface area contributed by atoms with Crippen LogP contribution >= 0.6 is 0 Å². The van der Waals surface area contributed by atoms with Crippen LogP contribution in [0.15, 0.2) is 30.3 Å². The minimum Gasteiger partial charge on any atom is -0.289 e. The van der Waals surface area contributed by atoms with Crippen molar-refractivity contribution in [1.82, 2.24) is 5.43 Å². The number of carbonyl (C=O) groups is 1. The smallest absolute Gasteiger partial charge is 0.241 e. The highest BCUT2D eigenvalue weighted by Crippen LogP contribution is 2.24. The van der Waals surface area contributed by atoms with Crippen molar-refractivity contribution in [3.63, 3.8) is 0 Å². The lowest BCUT2D eigenvalue weighted by atomic mass is 10.1. The molecule has 0 spiro atoms. The molecule has 0 aromatic heterocycles. The molecule has 1 N–H and O–H groups in total. The van der Waals surface area contributed by atoms with Gasteiger partial charge < -0.3 is 0 Å². The van der Waals surface area contributed by atoms with E-state index in [-0.39, 0.29) is 11.8 Å². The lowest BCUT2D eigenvalue weighted by molar-refractivity contribution is -0.124. The molecule has 0 bridgehead atoms. The standard InChI is InChI=1S/C13H18N2O/c1-15(12-9-3-2-4-10-12)14-13(16)11-7-5-6-8-11/h2-4,9-11H,5-8H2,1H3,(H,14,16). The second-order valence-electron chi connectivity index (χ2n) is 4.35. The van der Waals surface area contributed by atoms with Crippen molar-refractivity contribution in [2.45, 2.75) is 25.7 Å². The van der Waals surface area contributed by atoms with Crippen LogP contribution in [0.1, 0.15) is 25.7 Å². The Labute approximate surface area is 96.4 Å². The quantitative estimate of drug-likeness (QED) is 0.790. The Bertz CT molecular complexity index is 344. The number of nitrogens with one attached hydrogen (secondary N) is 1. The number of hydrazine groups is 1. The summed E-state index contributed by atoms with van der Waals surface area (Å²) < 4.78 is 0. The van der Waals surface area contributed by atoms with E-state index in [0.29, 0.717) is 0 Å². The van der Waals surface area contributed by atoms with Crippen molar-refractivity contribution in [3.8, 4) is 0 Å². The van der Waals surface area contributed by atoms with Gasteiger partial charge in [-0.25, -0.2) is 0 Å². The number of amides is 1. The number of hydrogen-bond acceptors (Lipinski definition) is 2. The van der Waals surface area contributed by atoms with E-state index in [1.165, 1.54) is 12.8 Å². The molecule has 1 saturated carbocycles. The van der Waals surface area contributed by atoms with Crippen molar-refractivity contribution in [1.29, 1.82) is 0 Å². The average molecular weight is 218 g/mol. The summed E-state index contributed by atoms with van der Waals surface area (Å²) in [5.74, 6) is 0.370. The number of nitrogens with zero attached hydrogens (tertiary/aromatic N) is 1. The van der Waals surface area contributed by atoms with E-state index in [0.717, 1.165) is 18.5 Å². The van der Waals surface area contributed by atoms with Crippen molar-refractivity contribution in [3.05, 3.63) is 30.3 Å². The Balaban J connectivity index is 1.92. The highest BCUT2D eigenvalue weighted by Gasteiger charge is 2.23. The van der Waals surface area contributed by atoms with Crippen LogP contribution in [0.4, 0.5) is 5.69 Å². The summed E-state index contributed by atoms with van der Waals surface area (Å²) in [5, 5.41) is 1.79. The lowest BCUT2D eigenvalue weighted by Crippen LogP contribution is -2.42. The third kappa shape index (κ3) is 2.54. The van der Waals surface area contributed by atoms with Gasteiger partial charge in [0.05, 0.1) is 5.69 Å². The first kappa shape index (κ1) is 11.0. The van der Waals surface area contributed by atoms with Gasteiger partial charge in [-0.1, -0.05) is 31.0 Å². The van der Waals surface area contributed by atoms with Crippen LogP contribution < -0.4 is 10.4 Å². The first-order chi connectivity index (χ1) is 7.77. The Kier molecular flexibility index (Phi) is 3.44. The predicted octanol–water partition coefficient (Wildman–Crippen LogP) is 2.34. The van der Waals surface area contributed by atoms with Gasteiger partial charge in [-0.3, -0.25) is 15.2 Å². The topological polar surface area (TPSA) is 32.3 Å². The van der Waals surface area contributed by atoms with Gasteiger partial charge in [0.15, 0.2) is 0 Å². The molecule has 1 amide bonds. The average Bonchev–Trinajstić information content (AvgIpc) is 2.83. The third-order valence-corrected chi connectivity index (χ3v) is 3.15. The van der Waals surface area contributed by atoms with E-state index in [9.17, 15) is 4.79 Å². The van der Waals surface area contributed by atoms with Crippen molar-refractivity contribution in [2.75, 3.05) is 12.1 Å². The van der Waals surface area contributed by atoms with Crippen LogP contribution in [-0.2, 0) is 4.79 Å². The number of hydrogen-bond donors (Lipinski definition) is 1. The highest BCUT2D eigenvalue weighted by atomic mass is 16.2. The fourth-order valence-corrected chi connectivity index (χ4v) is 2.16. The number of anilines is 1. The normalized spacial score (nSPS) is 16.1. The summed E-state index contributed by atoms with van der Waals surface area (Å²) in [6.45, 7) is 0. The predicted molar refractivity (Wildman–Crippen MR) is 64.9 cm³/mol. The maximum Gasteiger partial charge on any atom is 0.241 e. The zero-order chi connectivity index (χ0) is 11.4. The molecular formula is C13H18N2O. The summed E-state index contributed by atoms with van der Waals surface area (Å²) in [6.07, 6.45) is 4.45. The van der Waals surface area contributed by atoms with Gasteiger partial charge in [0.2, 0.25) is 5.91 Å². The van der Waals surface area contributed by atoms with E-state index >= 15 is 0 Å². The van der Waals surface area contributed by atoms with Crippen LogP contribution in [0, 0.1) is 5.92 Å². The molecule has 0 unspecified atom stereocenters. The zero-order valence-corrected chi connectivity index (χ0v) is 9.65. The van der Waals surface area contributed by atoms with Gasteiger partial charge in [-0.2, -0.15) is 0 Å². The molecule has 0 heterocycles. The number of rotatable bonds is 3. The summed E-state index contributed by atoms with van der Waals surface area (Å²) in [4.78, 5) is 11.9. The van der Waals surface area contributed by atoms with Crippen molar-refractivity contribution in [2.24, 2.45) is 5.92 Å². The fraction of sp³-hybridized carbons (Fsp3) is 0.462. The number of para-hydroxylation sites is 1. The lowest BCUT2D eigenvalue weighted by Gasteiger charge is -2.22. The fourth-order valence-electron chi connectivity index (χ4n) is 2.16. The summed E-state index contributed by atoms with van der Waals surface area (Å²) in [6, 6.07) is 9.86. The molecule has 1 aromatic rings. The Morgan fingerprint density at radius 1 is 1.25 bits per heavy atom. The molecule has 1 aromatic carbocycles. The Morgan fingerprint density at radius 3 is 2.50 bits per heavy atom. The van der Waals surface area contributed by atoms with Crippen LogP contribution in [0.3, 0.4) is 0 Å². The van der Waals surface area contributed by atoms with Crippen LogP contribution in [0.2, 0.25) is 0 Å². The molecule has 0 atom stereocenters. The van der Waals surface area contributed by atoms with Gasteiger partial charge in [-0.05, 0) is 25.0 Å². The van der Waals surface area contributed by atoms with E-state index in [4.69, 9.17) is 0 Å². The Morgan fingerprint density at radius 2 is 1.88 bits per heavy atom. The summed E-state index contributed by atoms with van der Waals surface area (Å²) >= 11 is 0. The van der Waals surface area contributed by atoms with Gasteiger partial charge >= 0.3 is 0 Å². The first-order valence-corrected chi connectivity index (χ1v) is 5.86. The van der Waals surface area contributed by atoms with Gasteiger partial charge in [0.25, 0.3) is 0 Å². The third-order valence-electron chi connectivity index (χ3n) is 3.15. The number of carbonyl (C=O) groups excluding carboxylic acids is 1. The van der Waals surface area contributed by atoms with Gasteiger partial charge in [0, 0.05) is 13.0 Å². The molecule has 0 radical (unpaired) electrons. The van der Waals surface area contributed by atoms with Crippen LogP contribution in [0.5, 0.6) is 0 Å². The molecule has 1 aliphatic rings. The molecule has 1 aliphatic carbocycles. The van der Waals surface area contributed by atoms with Crippen molar-refractivity contribution >= 4 is 11.6 Å². The monoisotopic (exact) mass is 218 g/mol. The SMILES string of the molecule is CN(NC(=O)C1CCCC1)c1ccccc1. The molecule has 3 nitrogen and oxygen atoms in total. The maximum absolute atomic E-state index is 11.9. The summed E-state index contributed by atoms with van der Waals surface area (Å²) in [7, 11) is 1.88. The zero-order valence-electron chi connectivity index (χ0n) is 9.65. The minimum absolute atomic E-state index is 0.156. The van der Waals surface area contributed by atoms with Crippen molar-refractivity contribution < 1.29 is 4.79 Å². The Hall–Kier alpha value is -1.51.